The molecule has 0 aliphatic carbocycles. The summed E-state index contributed by atoms with van der Waals surface area (Å²) < 4.78 is 80.8. The van der Waals surface area contributed by atoms with Crippen LogP contribution in [-0.4, -0.2) is 35.6 Å². The maximum Gasteiger partial charge on any atom is 0.211 e. The first-order chi connectivity index (χ1) is 13.5. The molecule has 0 rings (SSSR count). The molecule has 0 aliphatic heterocycles. The van der Waals surface area contributed by atoms with E-state index in [9.17, 15) is 0 Å². The van der Waals surface area contributed by atoms with Gasteiger partial charge >= 0.3 is 0 Å². The number of aliphatic hydroxyl groups excluding tert-OH is 2. The summed E-state index contributed by atoms with van der Waals surface area (Å²) in [6.45, 7) is -1.72. The Balaban J connectivity index is 0. The molecule has 0 aromatic carbocycles. The van der Waals surface area contributed by atoms with Gasteiger partial charge in [0.2, 0.25) is 1.43 Å². The molecule has 0 bridgehead atoms. The lowest BCUT2D eigenvalue weighted by atomic mass is 10.2. The second-order valence-corrected chi connectivity index (χ2v) is 4.08. The highest BCUT2D eigenvalue weighted by Gasteiger charge is 2.23. The number of hydrogen-bond acceptors (Lipinski definition) is 3. The van der Waals surface area contributed by atoms with Crippen molar-refractivity contribution in [2.45, 2.75) is 77.0 Å². The molecule has 0 amide bonds. The van der Waals surface area contributed by atoms with Crippen molar-refractivity contribution in [3.8, 4) is 0 Å². The fourth-order valence-corrected chi connectivity index (χ4v) is 1.30. The highest BCUT2D eigenvalue weighted by Crippen LogP contribution is 2.25. The Morgan fingerprint density at radius 2 is 2.00 bits per heavy atom. The number of aliphatic hydroxyl groups is 3. The Labute approximate surface area is 134 Å². The predicted octanol–water partition coefficient (Wildman–Crippen LogP) is 3.43. The molecule has 3 N–H and O–H groups in total. The summed E-state index contributed by atoms with van der Waals surface area (Å²) in [7, 11) is 0. The Morgan fingerprint density at radius 1 is 1.21 bits per heavy atom. The van der Waals surface area contributed by atoms with E-state index in [2.05, 4.69) is 11.7 Å². The van der Waals surface area contributed by atoms with Gasteiger partial charge in [0.1, 0.15) is 0 Å². The fourth-order valence-electron chi connectivity index (χ4n) is 1.30. The molecule has 0 radical (unpaired) electrons. The van der Waals surface area contributed by atoms with Gasteiger partial charge in [-0.1, -0.05) is 32.6 Å². The standard InChI is InChI=1S/C12H24O2.C4H10O/c1-3-5-9-12(14,8-4-2)10-6-7-11-13;1-2-3-4-5/h3,13-14H,1,4-11H2,2H3;5H,2-4H2,1H3/i1+1,2+1D3,4+1D2,8+1D2,12+1,14D;1D3. The van der Waals surface area contributed by atoms with Crippen molar-refractivity contribution in [3.63, 3.8) is 0 Å². The maximum absolute atomic E-state index is 8.84. The van der Waals surface area contributed by atoms with Gasteiger partial charge in [-0.15, -0.1) is 6.58 Å². The minimum Gasteiger partial charge on any atom is -0.396 e. The van der Waals surface area contributed by atoms with Gasteiger partial charge in [-0.3, -0.25) is 0 Å². The van der Waals surface area contributed by atoms with E-state index in [0.717, 1.165) is 0 Å². The Kier molecular flexibility index (Phi) is 6.25. The molecule has 0 saturated carbocycles. The summed E-state index contributed by atoms with van der Waals surface area (Å²) in [4.78, 5) is 0. The van der Waals surface area contributed by atoms with E-state index in [1.807, 2.05) is 0 Å². The first-order valence-corrected chi connectivity index (χ1v) is 6.46. The fraction of sp³-hybridized carbons (Fsp3) is 0.875. The highest BCUT2D eigenvalue weighted by atomic mass is 16.4. The third kappa shape index (κ3) is 15.6. The van der Waals surface area contributed by atoms with Gasteiger partial charge in [0.15, 0.2) is 0 Å². The number of allylic oxidation sites excluding steroid dienone is 1. The van der Waals surface area contributed by atoms with Crippen molar-refractivity contribution < 1.29 is 29.0 Å². The van der Waals surface area contributed by atoms with Crippen LogP contribution in [0.25, 0.3) is 0 Å². The van der Waals surface area contributed by atoms with Gasteiger partial charge in [0.25, 0.3) is 0 Å². The van der Waals surface area contributed by atoms with Gasteiger partial charge in [0.05, 0.1) is 5.60 Å². The van der Waals surface area contributed by atoms with Crippen LogP contribution in [0.2, 0.25) is 0 Å². The molecule has 1 unspecified atom stereocenters. The topological polar surface area (TPSA) is 60.7 Å². The lowest BCUT2D eigenvalue weighted by Crippen LogP contribution is -2.28. The van der Waals surface area contributed by atoms with E-state index >= 15 is 0 Å². The normalized spacial score (nSPS) is 24.6. The zero-order chi connectivity index (χ0) is 24.3. The molecule has 0 spiro atoms. The smallest absolute Gasteiger partial charge is 0.211 e. The molecule has 0 aliphatic rings. The zero-order valence-electron chi connectivity index (χ0n) is 22.5. The van der Waals surface area contributed by atoms with Gasteiger partial charge < -0.3 is 15.3 Å². The first-order valence-electron chi connectivity index (χ1n) is 11.9. The van der Waals surface area contributed by atoms with Crippen LogP contribution in [0.4, 0.5) is 0 Å². The number of rotatable bonds is 12. The molecular weight excluding hydrogens is 245 g/mol. The largest absolute Gasteiger partial charge is 0.396 e. The van der Waals surface area contributed by atoms with Gasteiger partial charge in [-0.05, 0) is 44.9 Å². The summed E-state index contributed by atoms with van der Waals surface area (Å²) in [5.74, 6) is 0. The zero-order valence-corrected chi connectivity index (χ0v) is 11.5. The lowest BCUT2D eigenvalue weighted by molar-refractivity contribution is 0.0113. The van der Waals surface area contributed by atoms with Crippen molar-refractivity contribution in [3.05, 3.63) is 12.7 Å². The third-order valence-electron chi connectivity index (χ3n) is 2.37. The van der Waals surface area contributed by atoms with Gasteiger partial charge in [-0.25, -0.2) is 0 Å². The summed E-state index contributed by atoms with van der Waals surface area (Å²) in [5, 5.41) is 21.6. The average molecular weight is 290 g/mol. The van der Waals surface area contributed by atoms with Crippen LogP contribution in [-0.2, 0) is 0 Å². The number of unbranched alkanes of at least 4 members (excludes halogenated alkanes) is 1. The van der Waals surface area contributed by atoms with Gasteiger partial charge in [-0.2, -0.15) is 0 Å². The van der Waals surface area contributed by atoms with E-state index in [0.29, 0.717) is 12.8 Å². The molecule has 116 valence electrons. The number of hydrogen-bond donors (Lipinski definition) is 3. The Hall–Kier alpha value is -0.380. The SMILES string of the molecule is [2H]C([2H])([2H])CCCO.[2H]O[13C](CCC=[13CH2])(CCCCO)[13C]([2H])([2H])[13C]([2H])([2H])[13C]([2H])([2H])[2H]. The van der Waals surface area contributed by atoms with Crippen LogP contribution in [0.5, 0.6) is 0 Å². The molecule has 19 heavy (non-hydrogen) atoms. The lowest BCUT2D eigenvalue weighted by Gasteiger charge is -2.27. The molecule has 3 heteroatoms. The summed E-state index contributed by atoms with van der Waals surface area (Å²) in [6, 6.07) is 0. The van der Waals surface area contributed by atoms with E-state index in [4.69, 9.17) is 25.4 Å². The van der Waals surface area contributed by atoms with E-state index in [1.54, 1.807) is 0 Å². The van der Waals surface area contributed by atoms with Crippen molar-refractivity contribution in [1.82, 2.24) is 0 Å². The van der Waals surface area contributed by atoms with E-state index in [1.165, 1.54) is 6.08 Å². The van der Waals surface area contributed by atoms with Gasteiger partial charge in [0, 0.05) is 26.9 Å². The maximum atomic E-state index is 8.84. The summed E-state index contributed by atoms with van der Waals surface area (Å²) >= 11 is 0. The van der Waals surface area contributed by atoms with Crippen molar-refractivity contribution in [2.75, 3.05) is 13.2 Å². The third-order valence-corrected chi connectivity index (χ3v) is 2.37. The first kappa shape index (κ1) is 7.58. The molecule has 0 saturated heterocycles. The molecule has 0 aromatic heterocycles. The molecule has 3 nitrogen and oxygen atoms in total. The molecule has 0 fully saturated rings. The molecule has 0 aromatic rings. The quantitative estimate of drug-likeness (QED) is 0.293. The minimum atomic E-state index is -3.20. The van der Waals surface area contributed by atoms with Crippen LogP contribution < -0.4 is 0 Å². The Morgan fingerprint density at radius 3 is 2.47 bits per heavy atom. The van der Waals surface area contributed by atoms with Crippen LogP contribution in [0.15, 0.2) is 12.7 Å². The second kappa shape index (κ2) is 15.7. The van der Waals surface area contributed by atoms with Crippen LogP contribution in [0, 0.1) is 0 Å². The second-order valence-electron chi connectivity index (χ2n) is 4.08. The van der Waals surface area contributed by atoms with Crippen LogP contribution >= 0.6 is 0 Å². The van der Waals surface area contributed by atoms with E-state index < -0.39 is 32.1 Å². The molecular formula is C16H34O3. The Bertz CT molecular complexity index is 478. The monoisotopic (exact) mass is 290 g/mol. The van der Waals surface area contributed by atoms with Crippen LogP contribution in [0.3, 0.4) is 0 Å². The van der Waals surface area contributed by atoms with Crippen LogP contribution in [0.1, 0.15) is 85.1 Å². The van der Waals surface area contributed by atoms with Crippen molar-refractivity contribution >= 4 is 0 Å². The molecule has 0 heterocycles. The summed E-state index contributed by atoms with van der Waals surface area (Å²) in [6.07, 6.45) is -3.46. The van der Waals surface area contributed by atoms with Crippen molar-refractivity contribution in [1.29, 1.82) is 1.43 Å². The minimum absolute atomic E-state index is 0.0294. The highest BCUT2D eigenvalue weighted by molar-refractivity contribution is 4.81. The van der Waals surface area contributed by atoms with Crippen molar-refractivity contribution in [2.24, 2.45) is 0 Å². The molecule has 1 atom stereocenters. The van der Waals surface area contributed by atoms with E-state index in [-0.39, 0.29) is 45.3 Å². The average Bonchev–Trinajstić information content (AvgIpc) is 2.61. The predicted molar refractivity (Wildman–Crippen MR) is 82.2 cm³/mol. The summed E-state index contributed by atoms with van der Waals surface area (Å²) in [5.41, 5.74) is -1.94.